The van der Waals surface area contributed by atoms with Crippen molar-refractivity contribution in [3.8, 4) is 0 Å². The molecule has 1 fully saturated rings. The van der Waals surface area contributed by atoms with Gasteiger partial charge in [0.2, 0.25) is 0 Å². The molecule has 30 heavy (non-hydrogen) atoms. The summed E-state index contributed by atoms with van der Waals surface area (Å²) in [5.74, 6) is 4.09. The Bertz CT molecular complexity index is 699. The molecular formula is C29H48O. The molecule has 1 N–H and O–H groups in total. The maximum atomic E-state index is 10.3. The van der Waals surface area contributed by atoms with Gasteiger partial charge in [-0.2, -0.15) is 0 Å². The number of rotatable bonds is 6. The molecule has 0 heterocycles. The zero-order valence-electron chi connectivity index (χ0n) is 20.8. The third kappa shape index (κ3) is 3.66. The Labute approximate surface area is 186 Å². The van der Waals surface area contributed by atoms with E-state index in [0.29, 0.717) is 16.7 Å². The largest absolute Gasteiger partial charge is 0.393 e. The molecule has 1 saturated carbocycles. The van der Waals surface area contributed by atoms with E-state index in [9.17, 15) is 5.11 Å². The Morgan fingerprint density at radius 3 is 2.50 bits per heavy atom. The summed E-state index contributed by atoms with van der Waals surface area (Å²) in [6.45, 7) is 14.9. The van der Waals surface area contributed by atoms with E-state index in [1.54, 1.807) is 11.1 Å². The predicted molar refractivity (Wildman–Crippen MR) is 128 cm³/mol. The van der Waals surface area contributed by atoms with Crippen molar-refractivity contribution in [1.29, 1.82) is 0 Å². The molecule has 4 aliphatic rings. The highest BCUT2D eigenvalue weighted by Gasteiger charge is 2.52. The third-order valence-corrected chi connectivity index (χ3v) is 10.6. The monoisotopic (exact) mass is 412 g/mol. The van der Waals surface area contributed by atoms with Crippen LogP contribution < -0.4 is 0 Å². The standard InChI is InChI=1S/C29H48O/c1-7-21(19(2)3)9-8-20(4)25-12-13-26-24-11-10-22-18-23(30)14-16-28(22,5)27(24)15-17-29(25,26)6/h13,19-23,25,30H,7-12,14-18H2,1-6H3/t20-,21-,22?,23?,25-,28+,29-/m1/s1. The Morgan fingerprint density at radius 1 is 1.03 bits per heavy atom. The zero-order valence-corrected chi connectivity index (χ0v) is 20.8. The fraction of sp³-hybridized carbons (Fsp3) is 0.862. The summed E-state index contributed by atoms with van der Waals surface area (Å²) >= 11 is 0. The lowest BCUT2D eigenvalue weighted by molar-refractivity contribution is 0.0224. The first-order valence-corrected chi connectivity index (χ1v) is 13.3. The molecule has 2 unspecified atom stereocenters. The molecule has 170 valence electrons. The molecule has 1 nitrogen and oxygen atoms in total. The highest BCUT2D eigenvalue weighted by Crippen LogP contribution is 2.64. The summed E-state index contributed by atoms with van der Waals surface area (Å²) in [4.78, 5) is 0. The van der Waals surface area contributed by atoms with E-state index in [1.807, 2.05) is 5.57 Å². The number of allylic oxidation sites excluding steroid dienone is 4. The molecule has 0 aromatic rings. The second kappa shape index (κ2) is 8.42. The van der Waals surface area contributed by atoms with Crippen molar-refractivity contribution in [2.75, 3.05) is 0 Å². The van der Waals surface area contributed by atoms with Gasteiger partial charge in [-0.15, -0.1) is 0 Å². The fourth-order valence-corrected chi connectivity index (χ4v) is 8.42. The van der Waals surface area contributed by atoms with Crippen molar-refractivity contribution in [3.05, 3.63) is 22.8 Å². The van der Waals surface area contributed by atoms with Gasteiger partial charge in [-0.1, -0.05) is 66.0 Å². The van der Waals surface area contributed by atoms with Gasteiger partial charge in [-0.05, 0) is 109 Å². The average molecular weight is 413 g/mol. The average Bonchev–Trinajstić information content (AvgIpc) is 3.06. The molecule has 0 bridgehead atoms. The number of aliphatic hydroxyl groups is 1. The van der Waals surface area contributed by atoms with Crippen molar-refractivity contribution in [2.24, 2.45) is 40.4 Å². The van der Waals surface area contributed by atoms with Crippen molar-refractivity contribution in [3.63, 3.8) is 0 Å². The normalized spacial score (nSPS) is 40.5. The summed E-state index contributed by atoms with van der Waals surface area (Å²) < 4.78 is 0. The van der Waals surface area contributed by atoms with Gasteiger partial charge in [0.25, 0.3) is 0 Å². The first-order chi connectivity index (χ1) is 14.2. The molecule has 1 heteroatoms. The van der Waals surface area contributed by atoms with E-state index in [2.05, 4.69) is 47.6 Å². The number of hydrogen-bond acceptors (Lipinski definition) is 1. The van der Waals surface area contributed by atoms with Gasteiger partial charge < -0.3 is 5.11 Å². The molecular weight excluding hydrogens is 364 g/mol. The maximum absolute atomic E-state index is 10.3. The van der Waals surface area contributed by atoms with Crippen molar-refractivity contribution in [1.82, 2.24) is 0 Å². The highest BCUT2D eigenvalue weighted by molar-refractivity contribution is 5.49. The second-order valence-corrected chi connectivity index (χ2v) is 12.4. The summed E-state index contributed by atoms with van der Waals surface area (Å²) in [5.41, 5.74) is 6.14. The lowest BCUT2D eigenvalue weighted by atomic mass is 9.51. The zero-order chi connectivity index (χ0) is 21.7. The predicted octanol–water partition coefficient (Wildman–Crippen LogP) is 8.09. The quantitative estimate of drug-likeness (QED) is 0.467. The molecule has 0 saturated heterocycles. The molecule has 0 aromatic heterocycles. The Morgan fingerprint density at radius 2 is 1.80 bits per heavy atom. The minimum absolute atomic E-state index is 0.0483. The first kappa shape index (κ1) is 22.6. The van der Waals surface area contributed by atoms with E-state index < -0.39 is 0 Å². The van der Waals surface area contributed by atoms with Crippen molar-refractivity contribution < 1.29 is 5.11 Å². The van der Waals surface area contributed by atoms with Crippen LogP contribution in [-0.2, 0) is 0 Å². The van der Waals surface area contributed by atoms with E-state index in [1.165, 1.54) is 57.8 Å². The molecule has 7 atom stereocenters. The van der Waals surface area contributed by atoms with E-state index >= 15 is 0 Å². The number of hydrogen-bond donors (Lipinski definition) is 1. The third-order valence-electron chi connectivity index (χ3n) is 10.6. The van der Waals surface area contributed by atoms with E-state index in [0.717, 1.165) is 36.5 Å². The van der Waals surface area contributed by atoms with Crippen LogP contribution in [0.3, 0.4) is 0 Å². The molecule has 0 radical (unpaired) electrons. The van der Waals surface area contributed by atoms with Crippen LogP contribution in [0.15, 0.2) is 22.8 Å². The number of fused-ring (bicyclic) bond motifs is 4. The lowest BCUT2D eigenvalue weighted by Crippen LogP contribution is -2.44. The first-order valence-electron chi connectivity index (χ1n) is 13.3. The van der Waals surface area contributed by atoms with Crippen molar-refractivity contribution in [2.45, 2.75) is 118 Å². The number of aliphatic hydroxyl groups excluding tert-OH is 1. The Kier molecular flexibility index (Phi) is 6.35. The van der Waals surface area contributed by atoms with Gasteiger partial charge >= 0.3 is 0 Å². The maximum Gasteiger partial charge on any atom is 0.0543 e. The molecule has 0 aromatic carbocycles. The van der Waals surface area contributed by atoms with Gasteiger partial charge in [0, 0.05) is 0 Å². The minimum atomic E-state index is -0.0483. The molecule has 4 rings (SSSR count). The van der Waals surface area contributed by atoms with Crippen LogP contribution >= 0.6 is 0 Å². The van der Waals surface area contributed by atoms with Crippen LogP contribution in [0, 0.1) is 40.4 Å². The van der Waals surface area contributed by atoms with Crippen molar-refractivity contribution >= 4 is 0 Å². The molecule has 0 aliphatic heterocycles. The van der Waals surface area contributed by atoms with Crippen LogP contribution in [0.1, 0.15) is 112 Å². The van der Waals surface area contributed by atoms with Crippen LogP contribution in [-0.4, -0.2) is 11.2 Å². The van der Waals surface area contributed by atoms with Crippen LogP contribution in [0.4, 0.5) is 0 Å². The fourth-order valence-electron chi connectivity index (χ4n) is 8.42. The van der Waals surface area contributed by atoms with Gasteiger partial charge in [-0.25, -0.2) is 0 Å². The highest BCUT2D eigenvalue weighted by atomic mass is 16.3. The van der Waals surface area contributed by atoms with Gasteiger partial charge in [-0.3, -0.25) is 0 Å². The SMILES string of the molecule is CC[C@H](CC[C@@H](C)[C@H]1CC=C2C3=C(CC[C@@]21C)[C@@]1(C)CCC(O)CC1CC3)C(C)C. The lowest BCUT2D eigenvalue weighted by Gasteiger charge is -2.54. The van der Waals surface area contributed by atoms with Crippen LogP contribution in [0.25, 0.3) is 0 Å². The second-order valence-electron chi connectivity index (χ2n) is 12.4. The van der Waals surface area contributed by atoms with Crippen LogP contribution in [0.5, 0.6) is 0 Å². The van der Waals surface area contributed by atoms with E-state index in [4.69, 9.17) is 0 Å². The minimum Gasteiger partial charge on any atom is -0.393 e. The molecule has 4 aliphatic carbocycles. The molecule has 0 spiro atoms. The van der Waals surface area contributed by atoms with E-state index in [-0.39, 0.29) is 6.10 Å². The van der Waals surface area contributed by atoms with Gasteiger partial charge in [0.05, 0.1) is 6.10 Å². The van der Waals surface area contributed by atoms with Gasteiger partial charge in [0.15, 0.2) is 0 Å². The van der Waals surface area contributed by atoms with Crippen LogP contribution in [0.2, 0.25) is 0 Å². The summed E-state index contributed by atoms with van der Waals surface area (Å²) in [6.07, 6.45) is 16.6. The van der Waals surface area contributed by atoms with Gasteiger partial charge in [0.1, 0.15) is 0 Å². The summed E-state index contributed by atoms with van der Waals surface area (Å²) in [5, 5.41) is 10.3. The Balaban J connectivity index is 1.52. The smallest absolute Gasteiger partial charge is 0.0543 e. The molecule has 0 amide bonds. The topological polar surface area (TPSA) is 20.2 Å². The summed E-state index contributed by atoms with van der Waals surface area (Å²) in [7, 11) is 0. The summed E-state index contributed by atoms with van der Waals surface area (Å²) in [6, 6.07) is 0. The Hall–Kier alpha value is -0.560.